The van der Waals surface area contributed by atoms with Gasteiger partial charge in [-0.1, -0.05) is 19.3 Å². The van der Waals surface area contributed by atoms with Crippen molar-refractivity contribution in [2.75, 3.05) is 13.1 Å². The molecule has 2 fully saturated rings. The first-order chi connectivity index (χ1) is 11.4. The number of piperidine rings is 1. The maximum Gasteiger partial charge on any atom is 0.433 e. The summed E-state index contributed by atoms with van der Waals surface area (Å²) in [6, 6.07) is 1.30. The molecule has 1 aromatic rings. The molecule has 0 bridgehead atoms. The molecule has 2 heterocycles. The van der Waals surface area contributed by atoms with Gasteiger partial charge in [-0.2, -0.15) is 13.2 Å². The molecule has 0 N–H and O–H groups in total. The van der Waals surface area contributed by atoms with Crippen molar-refractivity contribution in [3.63, 3.8) is 0 Å². The van der Waals surface area contributed by atoms with E-state index in [0.717, 1.165) is 32.3 Å². The van der Waals surface area contributed by atoms with Crippen molar-refractivity contribution in [2.24, 2.45) is 5.92 Å². The molecule has 1 saturated heterocycles. The molecule has 0 spiro atoms. The second-order valence-corrected chi connectivity index (χ2v) is 7.03. The third kappa shape index (κ3) is 4.18. The minimum absolute atomic E-state index is 0.334. The van der Waals surface area contributed by atoms with E-state index in [0.29, 0.717) is 24.6 Å². The molecule has 1 aliphatic carbocycles. The molecular weight excluding hydrogens is 319 g/mol. The zero-order chi connectivity index (χ0) is 17.2. The number of hydrogen-bond donors (Lipinski definition) is 0. The zero-order valence-corrected chi connectivity index (χ0v) is 13.8. The summed E-state index contributed by atoms with van der Waals surface area (Å²) in [7, 11) is 0. The maximum absolute atomic E-state index is 12.6. The Morgan fingerprint density at radius 2 is 1.75 bits per heavy atom. The Morgan fingerprint density at radius 3 is 2.33 bits per heavy atom. The van der Waals surface area contributed by atoms with E-state index in [-0.39, 0.29) is 0 Å². The van der Waals surface area contributed by atoms with Gasteiger partial charge in [-0.15, -0.1) is 0 Å². The Balaban J connectivity index is 1.55. The average Bonchev–Trinajstić information content (AvgIpc) is 2.57. The van der Waals surface area contributed by atoms with E-state index in [9.17, 15) is 18.0 Å². The van der Waals surface area contributed by atoms with E-state index < -0.39 is 17.4 Å². The van der Waals surface area contributed by atoms with Gasteiger partial charge < -0.3 is 4.90 Å². The number of rotatable bonds is 3. The van der Waals surface area contributed by atoms with E-state index in [2.05, 4.69) is 9.88 Å². The van der Waals surface area contributed by atoms with Gasteiger partial charge >= 0.3 is 6.18 Å². The second kappa shape index (κ2) is 7.25. The smallest absolute Gasteiger partial charge is 0.300 e. The quantitative estimate of drug-likeness (QED) is 0.845. The Labute approximate surface area is 139 Å². The fourth-order valence-electron chi connectivity index (χ4n) is 3.94. The van der Waals surface area contributed by atoms with E-state index in [1.165, 1.54) is 36.7 Å². The Hall–Kier alpha value is -1.37. The van der Waals surface area contributed by atoms with Gasteiger partial charge in [0.25, 0.3) is 5.56 Å². The van der Waals surface area contributed by atoms with Gasteiger partial charge in [0.1, 0.15) is 0 Å². The van der Waals surface area contributed by atoms with Crippen LogP contribution in [0.25, 0.3) is 0 Å². The van der Waals surface area contributed by atoms with Crippen LogP contribution >= 0.6 is 0 Å². The third-order valence-corrected chi connectivity index (χ3v) is 5.37. The summed E-state index contributed by atoms with van der Waals surface area (Å²) >= 11 is 0. The van der Waals surface area contributed by atoms with Crippen LogP contribution in [0.1, 0.15) is 50.6 Å². The van der Waals surface area contributed by atoms with Crippen LogP contribution in [0, 0.1) is 5.92 Å². The van der Waals surface area contributed by atoms with Crippen molar-refractivity contribution >= 4 is 0 Å². The predicted molar refractivity (Wildman–Crippen MR) is 84.7 cm³/mol. The van der Waals surface area contributed by atoms with Gasteiger partial charge in [0.05, 0.1) is 6.33 Å². The molecular formula is C17H24F3N3O. The Bertz CT molecular complexity index is 600. The molecule has 1 saturated carbocycles. The molecule has 0 unspecified atom stereocenters. The van der Waals surface area contributed by atoms with Gasteiger partial charge in [-0.3, -0.25) is 9.36 Å². The lowest BCUT2D eigenvalue weighted by molar-refractivity contribution is -0.141. The maximum atomic E-state index is 12.6. The van der Waals surface area contributed by atoms with E-state index in [1.807, 2.05) is 0 Å². The van der Waals surface area contributed by atoms with Crippen LogP contribution in [0.5, 0.6) is 0 Å². The molecule has 7 heteroatoms. The number of alkyl halides is 3. The van der Waals surface area contributed by atoms with E-state index in [4.69, 9.17) is 0 Å². The average molecular weight is 343 g/mol. The summed E-state index contributed by atoms with van der Waals surface area (Å²) in [6.07, 6.45) is 5.00. The molecule has 134 valence electrons. The molecule has 2 aliphatic rings. The van der Waals surface area contributed by atoms with E-state index >= 15 is 0 Å². The Morgan fingerprint density at radius 1 is 1.08 bits per heavy atom. The van der Waals surface area contributed by atoms with E-state index in [1.54, 1.807) is 0 Å². The first-order valence-corrected chi connectivity index (χ1v) is 8.81. The molecule has 1 aliphatic heterocycles. The minimum Gasteiger partial charge on any atom is -0.300 e. The number of hydrogen-bond acceptors (Lipinski definition) is 3. The third-order valence-electron chi connectivity index (χ3n) is 5.37. The van der Waals surface area contributed by atoms with Crippen LogP contribution in [0.3, 0.4) is 0 Å². The standard InChI is InChI=1S/C17H24F3N3O/c18-17(19,20)15-10-16(24)23(12-21-15)11-13-6-8-22(9-7-13)14-4-2-1-3-5-14/h10,12-14H,1-9,11H2. The van der Waals surface area contributed by atoms with Crippen LogP contribution < -0.4 is 5.56 Å². The number of likely N-dealkylation sites (tertiary alicyclic amines) is 1. The molecule has 3 rings (SSSR count). The topological polar surface area (TPSA) is 38.1 Å². The molecule has 24 heavy (non-hydrogen) atoms. The fourth-order valence-corrected chi connectivity index (χ4v) is 3.94. The second-order valence-electron chi connectivity index (χ2n) is 7.03. The van der Waals surface area contributed by atoms with Crippen LogP contribution in [0.15, 0.2) is 17.2 Å². The molecule has 0 amide bonds. The van der Waals surface area contributed by atoms with Gasteiger partial charge in [0, 0.05) is 18.7 Å². The first-order valence-electron chi connectivity index (χ1n) is 8.81. The molecule has 0 aromatic carbocycles. The molecule has 0 atom stereocenters. The lowest BCUT2D eigenvalue weighted by Crippen LogP contribution is -2.43. The fraction of sp³-hybridized carbons (Fsp3) is 0.765. The van der Waals surface area contributed by atoms with Crippen molar-refractivity contribution in [1.29, 1.82) is 0 Å². The lowest BCUT2D eigenvalue weighted by atomic mass is 9.90. The number of halogens is 3. The summed E-state index contributed by atoms with van der Waals surface area (Å²) in [6.45, 7) is 2.51. The molecule has 0 radical (unpaired) electrons. The van der Waals surface area contributed by atoms with Crippen LogP contribution in [0.2, 0.25) is 0 Å². The van der Waals surface area contributed by atoms with Gasteiger partial charge in [-0.25, -0.2) is 4.98 Å². The van der Waals surface area contributed by atoms with Crippen molar-refractivity contribution in [2.45, 2.75) is 63.7 Å². The Kier molecular flexibility index (Phi) is 5.27. The van der Waals surface area contributed by atoms with Gasteiger partial charge in [0.15, 0.2) is 5.69 Å². The monoisotopic (exact) mass is 343 g/mol. The summed E-state index contributed by atoms with van der Waals surface area (Å²) in [5.41, 5.74) is -1.73. The zero-order valence-electron chi connectivity index (χ0n) is 13.8. The van der Waals surface area contributed by atoms with Crippen LogP contribution in [-0.4, -0.2) is 33.6 Å². The summed E-state index contributed by atoms with van der Waals surface area (Å²) < 4.78 is 39.0. The van der Waals surface area contributed by atoms with Crippen molar-refractivity contribution in [3.05, 3.63) is 28.4 Å². The highest BCUT2D eigenvalue weighted by atomic mass is 19.4. The molecule has 1 aromatic heterocycles. The largest absolute Gasteiger partial charge is 0.433 e. The van der Waals surface area contributed by atoms with Crippen molar-refractivity contribution in [1.82, 2.24) is 14.5 Å². The summed E-state index contributed by atoms with van der Waals surface area (Å²) in [5.74, 6) is 0.334. The highest BCUT2D eigenvalue weighted by Gasteiger charge is 2.33. The summed E-state index contributed by atoms with van der Waals surface area (Å²) in [4.78, 5) is 17.8. The number of nitrogens with zero attached hydrogens (tertiary/aromatic N) is 3. The van der Waals surface area contributed by atoms with Crippen LogP contribution in [0.4, 0.5) is 13.2 Å². The highest BCUT2D eigenvalue weighted by molar-refractivity contribution is 5.03. The van der Waals surface area contributed by atoms with Gasteiger partial charge in [0.2, 0.25) is 0 Å². The van der Waals surface area contributed by atoms with Crippen molar-refractivity contribution in [3.8, 4) is 0 Å². The normalized spacial score (nSPS) is 22.0. The predicted octanol–water partition coefficient (Wildman–Crippen LogP) is 3.31. The first kappa shape index (κ1) is 17.5. The summed E-state index contributed by atoms with van der Waals surface area (Å²) in [5, 5.41) is 0. The lowest BCUT2D eigenvalue weighted by Gasteiger charge is -2.39. The van der Waals surface area contributed by atoms with Gasteiger partial charge in [-0.05, 0) is 44.7 Å². The minimum atomic E-state index is -4.57. The van der Waals surface area contributed by atoms with Crippen LogP contribution in [-0.2, 0) is 12.7 Å². The highest BCUT2D eigenvalue weighted by Crippen LogP contribution is 2.28. The SMILES string of the molecule is O=c1cc(C(F)(F)F)ncn1CC1CCN(C2CCCCC2)CC1. The number of aromatic nitrogens is 2. The van der Waals surface area contributed by atoms with Crippen molar-refractivity contribution < 1.29 is 13.2 Å². The molecule has 4 nitrogen and oxygen atoms in total.